The van der Waals surface area contributed by atoms with E-state index < -0.39 is 0 Å². The van der Waals surface area contributed by atoms with Gasteiger partial charge in [0.2, 0.25) is 5.91 Å². The molecule has 2 N–H and O–H groups in total. The molecule has 0 radical (unpaired) electrons. The van der Waals surface area contributed by atoms with Gasteiger partial charge in [-0.15, -0.1) is 11.3 Å². The number of anilines is 2. The van der Waals surface area contributed by atoms with Crippen molar-refractivity contribution < 1.29 is 4.79 Å². The molecule has 1 aliphatic rings. The second-order valence-corrected chi connectivity index (χ2v) is 8.07. The van der Waals surface area contributed by atoms with Crippen LogP contribution in [0, 0.1) is 5.92 Å². The predicted octanol–water partition coefficient (Wildman–Crippen LogP) is 3.84. The quantitative estimate of drug-likeness (QED) is 0.720. The highest BCUT2D eigenvalue weighted by atomic mass is 32.1. The van der Waals surface area contributed by atoms with Gasteiger partial charge < -0.3 is 15.5 Å². The maximum atomic E-state index is 12.3. The molecule has 7 heteroatoms. The predicted molar refractivity (Wildman–Crippen MR) is 111 cm³/mol. The Balaban J connectivity index is 1.48. The summed E-state index contributed by atoms with van der Waals surface area (Å²) in [6.07, 6.45) is 5.44. The number of carbonyl (C=O) groups is 1. The lowest BCUT2D eigenvalue weighted by atomic mass is 9.93. The Bertz CT molecular complexity index is 721. The average molecular weight is 388 g/mol. The fraction of sp³-hybridized carbons (Fsp3) is 0.550. The number of thiophene rings is 1. The van der Waals surface area contributed by atoms with Crippen molar-refractivity contribution in [2.75, 3.05) is 29.9 Å². The fourth-order valence-corrected chi connectivity index (χ4v) is 4.30. The van der Waals surface area contributed by atoms with Gasteiger partial charge in [-0.25, -0.2) is 9.97 Å². The normalized spacial score (nSPS) is 18.1. The topological polar surface area (TPSA) is 70.2 Å². The Labute approximate surface area is 165 Å². The van der Waals surface area contributed by atoms with E-state index in [0.717, 1.165) is 44.1 Å². The summed E-state index contributed by atoms with van der Waals surface area (Å²) in [5, 5.41) is 8.40. The first-order valence-electron chi connectivity index (χ1n) is 9.79. The van der Waals surface area contributed by atoms with Crippen LogP contribution in [0.25, 0.3) is 0 Å². The minimum absolute atomic E-state index is 0.0888. The molecule has 0 spiro atoms. The summed E-state index contributed by atoms with van der Waals surface area (Å²) in [6.45, 7) is 6.92. The van der Waals surface area contributed by atoms with Crippen LogP contribution in [0.2, 0.25) is 0 Å². The molecule has 3 rings (SSSR count). The molecule has 1 fully saturated rings. The van der Waals surface area contributed by atoms with Gasteiger partial charge in [-0.2, -0.15) is 0 Å². The monoisotopic (exact) mass is 387 g/mol. The molecule has 6 nitrogen and oxygen atoms in total. The Morgan fingerprint density at radius 1 is 1.44 bits per heavy atom. The van der Waals surface area contributed by atoms with E-state index in [0.29, 0.717) is 12.3 Å². The molecule has 2 aromatic heterocycles. The van der Waals surface area contributed by atoms with Gasteiger partial charge in [0.1, 0.15) is 18.0 Å². The summed E-state index contributed by atoms with van der Waals surface area (Å²) in [7, 11) is 0. The van der Waals surface area contributed by atoms with E-state index in [1.165, 1.54) is 11.3 Å². The van der Waals surface area contributed by atoms with E-state index in [1.54, 1.807) is 17.7 Å². The minimum Gasteiger partial charge on any atom is -0.370 e. The number of aromatic nitrogens is 2. The average Bonchev–Trinajstić information content (AvgIpc) is 3.22. The molecule has 0 unspecified atom stereocenters. The first kappa shape index (κ1) is 19.6. The summed E-state index contributed by atoms with van der Waals surface area (Å²) in [6, 6.07) is 6.19. The third-order valence-corrected chi connectivity index (χ3v) is 6.04. The lowest BCUT2D eigenvalue weighted by Gasteiger charge is -2.33. The van der Waals surface area contributed by atoms with Gasteiger partial charge in [0, 0.05) is 37.0 Å². The Morgan fingerprint density at radius 3 is 3.11 bits per heavy atom. The van der Waals surface area contributed by atoms with Gasteiger partial charge in [-0.05, 0) is 50.5 Å². The summed E-state index contributed by atoms with van der Waals surface area (Å²) in [5.41, 5.74) is 0. The standard InChI is InChI=1S/C20H29N5OS/c1-3-21-18-12-19(23-14-22-18)25-10-4-6-16(13-25)8-9-20(26)24-15(2)17-7-5-11-27-17/h5,7,11-12,14-16H,3-4,6,8-10,13H2,1-2H3,(H,24,26)(H,21,22,23)/t15-,16+/m1/s1. The highest BCUT2D eigenvalue weighted by molar-refractivity contribution is 7.10. The Kier molecular flexibility index (Phi) is 7.04. The first-order chi connectivity index (χ1) is 13.2. The van der Waals surface area contributed by atoms with E-state index in [9.17, 15) is 4.79 Å². The smallest absolute Gasteiger partial charge is 0.220 e. The molecule has 0 aliphatic carbocycles. The van der Waals surface area contributed by atoms with E-state index in [2.05, 4.69) is 38.5 Å². The number of hydrogen-bond acceptors (Lipinski definition) is 6. The summed E-state index contributed by atoms with van der Waals surface area (Å²) in [4.78, 5) is 24.5. The molecule has 0 aromatic carbocycles. The lowest BCUT2D eigenvalue weighted by molar-refractivity contribution is -0.122. The minimum atomic E-state index is 0.0888. The van der Waals surface area contributed by atoms with Crippen LogP contribution in [0.3, 0.4) is 0 Å². The van der Waals surface area contributed by atoms with Crippen LogP contribution in [-0.2, 0) is 4.79 Å². The third-order valence-electron chi connectivity index (χ3n) is 4.98. The maximum Gasteiger partial charge on any atom is 0.220 e. The van der Waals surface area contributed by atoms with Gasteiger partial charge >= 0.3 is 0 Å². The van der Waals surface area contributed by atoms with E-state index in [4.69, 9.17) is 0 Å². The van der Waals surface area contributed by atoms with Crippen molar-refractivity contribution in [3.8, 4) is 0 Å². The highest BCUT2D eigenvalue weighted by Crippen LogP contribution is 2.26. The van der Waals surface area contributed by atoms with Crippen LogP contribution in [-0.4, -0.2) is 35.5 Å². The third kappa shape index (κ3) is 5.66. The van der Waals surface area contributed by atoms with Crippen molar-refractivity contribution in [2.45, 2.75) is 45.6 Å². The maximum absolute atomic E-state index is 12.3. The lowest BCUT2D eigenvalue weighted by Crippen LogP contribution is -2.36. The molecule has 146 valence electrons. The molecule has 27 heavy (non-hydrogen) atoms. The van der Waals surface area contributed by atoms with E-state index >= 15 is 0 Å². The van der Waals surface area contributed by atoms with Crippen molar-refractivity contribution in [3.63, 3.8) is 0 Å². The molecule has 0 saturated carbocycles. The number of nitrogens with zero attached hydrogens (tertiary/aromatic N) is 3. The second-order valence-electron chi connectivity index (χ2n) is 7.09. The molecule has 1 saturated heterocycles. The van der Waals surface area contributed by atoms with Crippen molar-refractivity contribution in [2.24, 2.45) is 5.92 Å². The van der Waals surface area contributed by atoms with E-state index in [-0.39, 0.29) is 11.9 Å². The zero-order valence-electron chi connectivity index (χ0n) is 16.1. The fourth-order valence-electron chi connectivity index (χ4n) is 3.56. The second kappa shape index (κ2) is 9.69. The molecule has 3 heterocycles. The van der Waals surface area contributed by atoms with Gasteiger partial charge in [-0.1, -0.05) is 6.07 Å². The van der Waals surface area contributed by atoms with Crippen molar-refractivity contribution in [1.29, 1.82) is 0 Å². The van der Waals surface area contributed by atoms with Crippen LogP contribution in [0.5, 0.6) is 0 Å². The zero-order chi connectivity index (χ0) is 19.1. The molecular weight excluding hydrogens is 358 g/mol. The van der Waals surface area contributed by atoms with Gasteiger partial charge in [0.25, 0.3) is 0 Å². The van der Waals surface area contributed by atoms with Gasteiger partial charge in [0.15, 0.2) is 0 Å². The Hall–Kier alpha value is -2.15. The largest absolute Gasteiger partial charge is 0.370 e. The van der Waals surface area contributed by atoms with E-state index in [1.807, 2.05) is 24.4 Å². The molecule has 0 bridgehead atoms. The summed E-state index contributed by atoms with van der Waals surface area (Å²) >= 11 is 1.68. The number of piperidine rings is 1. The van der Waals surface area contributed by atoms with Gasteiger partial charge in [0.05, 0.1) is 6.04 Å². The number of rotatable bonds is 8. The molecular formula is C20H29N5OS. The number of hydrogen-bond donors (Lipinski definition) is 2. The van der Waals surface area contributed by atoms with Crippen molar-refractivity contribution in [1.82, 2.24) is 15.3 Å². The Morgan fingerprint density at radius 2 is 2.33 bits per heavy atom. The SMILES string of the molecule is CCNc1cc(N2CCC[C@@H](CCC(=O)N[C@H](C)c3cccs3)C2)ncn1. The van der Waals surface area contributed by atoms with Crippen molar-refractivity contribution in [3.05, 3.63) is 34.8 Å². The molecule has 1 amide bonds. The van der Waals surface area contributed by atoms with Crippen molar-refractivity contribution >= 4 is 28.9 Å². The number of amides is 1. The molecule has 2 atom stereocenters. The van der Waals surface area contributed by atoms with Crippen LogP contribution >= 0.6 is 11.3 Å². The summed E-state index contributed by atoms with van der Waals surface area (Å²) in [5.74, 6) is 2.51. The number of carbonyl (C=O) groups excluding carboxylic acids is 1. The molecule has 1 aliphatic heterocycles. The van der Waals surface area contributed by atoms with Gasteiger partial charge in [-0.3, -0.25) is 4.79 Å². The van der Waals surface area contributed by atoms with Crippen LogP contribution < -0.4 is 15.5 Å². The highest BCUT2D eigenvalue weighted by Gasteiger charge is 2.22. The van der Waals surface area contributed by atoms with Crippen LogP contribution in [0.1, 0.15) is 50.4 Å². The zero-order valence-corrected chi connectivity index (χ0v) is 17.0. The van der Waals surface area contributed by atoms with Crippen LogP contribution in [0.4, 0.5) is 11.6 Å². The number of nitrogens with one attached hydrogen (secondary N) is 2. The van der Waals surface area contributed by atoms with Crippen LogP contribution in [0.15, 0.2) is 29.9 Å². The molecule has 2 aromatic rings. The first-order valence-corrected chi connectivity index (χ1v) is 10.7. The summed E-state index contributed by atoms with van der Waals surface area (Å²) < 4.78 is 0.